The highest BCUT2D eigenvalue weighted by molar-refractivity contribution is 5.98. The second-order valence-electron chi connectivity index (χ2n) is 10.7. The molecule has 2 aromatic heterocycles. The van der Waals surface area contributed by atoms with Crippen molar-refractivity contribution in [3.63, 3.8) is 0 Å². The zero-order chi connectivity index (χ0) is 29.8. The number of ether oxygens (including phenoxy) is 2. The molecule has 1 aromatic carbocycles. The molecule has 2 aliphatic carbocycles. The minimum absolute atomic E-state index is 0.0196. The number of rotatable bonds is 10. The normalized spacial score (nSPS) is 23.3. The second-order valence-corrected chi connectivity index (χ2v) is 10.7. The van der Waals surface area contributed by atoms with Gasteiger partial charge in [-0.25, -0.2) is 4.98 Å². The van der Waals surface area contributed by atoms with Gasteiger partial charge in [0.25, 0.3) is 17.6 Å². The SMILES string of the molecule is C=CCOC(=O)C1CC[C@@H]2C(CC[C@@H]2NC(=O)c2cc(C(=O)NCc3cccc(OC(F)F)c3)nc3ncnn23)C1C. The fraction of sp³-hybridized carbons (Fsp3) is 0.448. The van der Waals surface area contributed by atoms with E-state index in [-0.39, 0.29) is 71.7 Å². The van der Waals surface area contributed by atoms with Crippen LogP contribution in [-0.4, -0.2) is 56.6 Å². The quantitative estimate of drug-likeness (QED) is 0.274. The van der Waals surface area contributed by atoms with Crippen molar-refractivity contribution in [1.29, 1.82) is 0 Å². The standard InChI is InChI=1S/C29H32F2N6O5/c1-3-11-41-27(40)20-7-8-21-19(16(20)2)9-10-22(21)35-26(39)24-13-23(36-29-33-15-34-37(24)29)25(38)32-14-17-5-4-6-18(12-17)42-28(30)31/h3-6,12-13,15-16,19-22,28H,1,7-11,14H2,2H3,(H,32,38)(H,35,39)/t16?,19?,20?,21-,22+/m1/s1. The van der Waals surface area contributed by atoms with Crippen LogP contribution in [-0.2, 0) is 16.1 Å². The number of hydrogen-bond donors (Lipinski definition) is 2. The Bertz CT molecular complexity index is 1480. The number of carbonyl (C=O) groups is 3. The van der Waals surface area contributed by atoms with Crippen molar-refractivity contribution in [1.82, 2.24) is 30.2 Å². The molecule has 2 N–H and O–H groups in total. The first-order valence-electron chi connectivity index (χ1n) is 13.9. The van der Waals surface area contributed by atoms with Gasteiger partial charge >= 0.3 is 12.6 Å². The Labute approximate surface area is 240 Å². The summed E-state index contributed by atoms with van der Waals surface area (Å²) in [5.74, 6) is -0.678. The Hall–Kier alpha value is -4.42. The lowest BCUT2D eigenvalue weighted by atomic mass is 9.68. The summed E-state index contributed by atoms with van der Waals surface area (Å²) < 4.78 is 36.1. The average Bonchev–Trinajstić information content (AvgIpc) is 3.61. The molecule has 2 amide bonds. The van der Waals surface area contributed by atoms with Gasteiger partial charge in [0.1, 0.15) is 30.1 Å². The Morgan fingerprint density at radius 2 is 1.95 bits per heavy atom. The lowest BCUT2D eigenvalue weighted by Gasteiger charge is -2.38. The summed E-state index contributed by atoms with van der Waals surface area (Å²) in [5.41, 5.74) is 0.599. The van der Waals surface area contributed by atoms with Crippen LogP contribution >= 0.6 is 0 Å². The van der Waals surface area contributed by atoms with E-state index in [0.29, 0.717) is 12.0 Å². The minimum Gasteiger partial charge on any atom is -0.461 e. The van der Waals surface area contributed by atoms with Crippen LogP contribution in [0.3, 0.4) is 0 Å². The highest BCUT2D eigenvalue weighted by Crippen LogP contribution is 2.48. The molecule has 5 atom stereocenters. The molecule has 2 aliphatic rings. The van der Waals surface area contributed by atoms with Gasteiger partial charge in [-0.1, -0.05) is 31.7 Å². The number of amides is 2. The number of alkyl halides is 2. The number of esters is 1. The van der Waals surface area contributed by atoms with Crippen LogP contribution in [0, 0.1) is 23.7 Å². The van der Waals surface area contributed by atoms with Crippen molar-refractivity contribution in [2.75, 3.05) is 6.61 Å². The maximum absolute atomic E-state index is 13.5. The maximum atomic E-state index is 13.5. The first kappa shape index (κ1) is 29.1. The molecule has 2 heterocycles. The number of benzene rings is 1. The summed E-state index contributed by atoms with van der Waals surface area (Å²) in [6, 6.07) is 7.23. The van der Waals surface area contributed by atoms with Crippen LogP contribution in [0.4, 0.5) is 8.78 Å². The van der Waals surface area contributed by atoms with Crippen LogP contribution < -0.4 is 15.4 Å². The van der Waals surface area contributed by atoms with E-state index in [2.05, 4.69) is 43.9 Å². The zero-order valence-electron chi connectivity index (χ0n) is 23.0. The fourth-order valence-electron chi connectivity index (χ4n) is 6.30. The zero-order valence-corrected chi connectivity index (χ0v) is 23.0. The van der Waals surface area contributed by atoms with Crippen molar-refractivity contribution in [3.8, 4) is 5.75 Å². The molecular weight excluding hydrogens is 550 g/mol. The van der Waals surface area contributed by atoms with Crippen LogP contribution in [0.5, 0.6) is 5.75 Å². The predicted molar refractivity (Wildman–Crippen MR) is 146 cm³/mol. The number of halogens is 2. The van der Waals surface area contributed by atoms with E-state index in [9.17, 15) is 23.2 Å². The molecule has 0 saturated heterocycles. The highest BCUT2D eigenvalue weighted by Gasteiger charge is 2.47. The molecule has 0 radical (unpaired) electrons. The lowest BCUT2D eigenvalue weighted by molar-refractivity contribution is -0.152. The third-order valence-corrected chi connectivity index (χ3v) is 8.26. The molecule has 11 nitrogen and oxygen atoms in total. The van der Waals surface area contributed by atoms with Crippen LogP contribution in [0.25, 0.3) is 5.78 Å². The third-order valence-electron chi connectivity index (χ3n) is 8.26. The van der Waals surface area contributed by atoms with Gasteiger partial charge in [-0.3, -0.25) is 14.4 Å². The molecule has 2 fully saturated rings. The molecule has 3 unspecified atom stereocenters. The van der Waals surface area contributed by atoms with Gasteiger partial charge < -0.3 is 20.1 Å². The summed E-state index contributed by atoms with van der Waals surface area (Å²) in [6.07, 6.45) is 5.94. The van der Waals surface area contributed by atoms with Crippen LogP contribution in [0.1, 0.15) is 59.1 Å². The van der Waals surface area contributed by atoms with Gasteiger partial charge in [-0.15, -0.1) is 0 Å². The van der Waals surface area contributed by atoms with Gasteiger partial charge in [0.15, 0.2) is 0 Å². The smallest absolute Gasteiger partial charge is 0.387 e. The number of hydrogen-bond acceptors (Lipinski definition) is 8. The molecule has 0 spiro atoms. The first-order chi connectivity index (χ1) is 20.2. The number of carbonyl (C=O) groups excluding carboxylic acids is 3. The van der Waals surface area contributed by atoms with Crippen molar-refractivity contribution in [2.24, 2.45) is 23.7 Å². The Morgan fingerprint density at radius 1 is 1.14 bits per heavy atom. The van der Waals surface area contributed by atoms with Crippen LogP contribution in [0.15, 0.2) is 49.3 Å². The molecule has 42 heavy (non-hydrogen) atoms. The monoisotopic (exact) mass is 582 g/mol. The number of nitrogens with zero attached hydrogens (tertiary/aromatic N) is 4. The van der Waals surface area contributed by atoms with E-state index in [0.717, 1.165) is 19.3 Å². The summed E-state index contributed by atoms with van der Waals surface area (Å²) in [6.45, 7) is 2.93. The molecule has 3 aromatic rings. The Balaban J connectivity index is 1.26. The highest BCUT2D eigenvalue weighted by atomic mass is 19.3. The van der Waals surface area contributed by atoms with Gasteiger partial charge in [0, 0.05) is 18.7 Å². The lowest BCUT2D eigenvalue weighted by Crippen LogP contribution is -2.44. The first-order valence-corrected chi connectivity index (χ1v) is 13.9. The second kappa shape index (κ2) is 12.6. The van der Waals surface area contributed by atoms with E-state index in [1.54, 1.807) is 12.1 Å². The summed E-state index contributed by atoms with van der Waals surface area (Å²) >= 11 is 0. The van der Waals surface area contributed by atoms with E-state index in [1.807, 2.05) is 0 Å². The van der Waals surface area contributed by atoms with Gasteiger partial charge in [0.2, 0.25) is 0 Å². The van der Waals surface area contributed by atoms with Gasteiger partial charge in [-0.05, 0) is 61.1 Å². The number of nitrogens with one attached hydrogen (secondary N) is 2. The number of aromatic nitrogens is 4. The third kappa shape index (κ3) is 6.24. The molecule has 5 rings (SSSR count). The van der Waals surface area contributed by atoms with E-state index in [4.69, 9.17) is 4.74 Å². The minimum atomic E-state index is -2.96. The Morgan fingerprint density at radius 3 is 2.74 bits per heavy atom. The molecule has 0 aliphatic heterocycles. The average molecular weight is 583 g/mol. The topological polar surface area (TPSA) is 137 Å². The van der Waals surface area contributed by atoms with Gasteiger partial charge in [-0.2, -0.15) is 23.4 Å². The summed E-state index contributed by atoms with van der Waals surface area (Å²) in [5, 5.41) is 9.92. The summed E-state index contributed by atoms with van der Waals surface area (Å²) in [4.78, 5) is 47.3. The van der Waals surface area contributed by atoms with Crippen molar-refractivity contribution >= 4 is 23.6 Å². The molecule has 2 saturated carbocycles. The molecule has 13 heteroatoms. The van der Waals surface area contributed by atoms with Crippen molar-refractivity contribution in [2.45, 2.75) is 51.8 Å². The van der Waals surface area contributed by atoms with E-state index in [1.165, 1.54) is 35.1 Å². The largest absolute Gasteiger partial charge is 0.461 e. The molecular formula is C29H32F2N6O5. The van der Waals surface area contributed by atoms with Gasteiger partial charge in [0.05, 0.1) is 5.92 Å². The summed E-state index contributed by atoms with van der Waals surface area (Å²) in [7, 11) is 0. The van der Waals surface area contributed by atoms with E-state index >= 15 is 0 Å². The fourth-order valence-corrected chi connectivity index (χ4v) is 6.30. The van der Waals surface area contributed by atoms with Crippen molar-refractivity contribution in [3.05, 3.63) is 66.3 Å². The Kier molecular flexibility index (Phi) is 8.74. The maximum Gasteiger partial charge on any atom is 0.387 e. The van der Waals surface area contributed by atoms with Crippen molar-refractivity contribution < 1.29 is 32.6 Å². The number of fused-ring (bicyclic) bond motifs is 2. The predicted octanol–water partition coefficient (Wildman–Crippen LogP) is 3.56. The molecule has 0 bridgehead atoms. The molecule has 222 valence electrons. The van der Waals surface area contributed by atoms with E-state index < -0.39 is 18.4 Å². The van der Waals surface area contributed by atoms with Crippen LogP contribution in [0.2, 0.25) is 0 Å².